The van der Waals surface area contributed by atoms with E-state index in [1.165, 1.54) is 11.1 Å². The van der Waals surface area contributed by atoms with Gasteiger partial charge in [0, 0.05) is 5.41 Å². The molecule has 0 fully saturated rings. The van der Waals surface area contributed by atoms with Crippen LogP contribution in [0.15, 0.2) is 42.5 Å². The van der Waals surface area contributed by atoms with E-state index >= 15 is 0 Å². The standard InChI is InChI=1S/C22H27FN2/c1-6-17-16-20(24-3)12-13-21(17)22(2,14-7-15-25(4)5)18-8-10-19(23)11-9-18/h8-13,16H,6-7,14-15H2,1-2,4-5H3. The van der Waals surface area contributed by atoms with Crippen LogP contribution in [0.5, 0.6) is 0 Å². The molecule has 2 aromatic carbocycles. The smallest absolute Gasteiger partial charge is 0.187 e. The number of hydrogen-bond donors (Lipinski definition) is 0. The Labute approximate surface area is 151 Å². The first-order chi connectivity index (χ1) is 11.9. The van der Waals surface area contributed by atoms with E-state index in [9.17, 15) is 4.39 Å². The largest absolute Gasteiger partial charge is 0.309 e. The maximum absolute atomic E-state index is 13.4. The van der Waals surface area contributed by atoms with E-state index in [1.54, 1.807) is 12.1 Å². The molecule has 25 heavy (non-hydrogen) atoms. The molecule has 0 aliphatic rings. The lowest BCUT2D eigenvalue weighted by molar-refractivity contribution is 0.368. The minimum atomic E-state index is -0.210. The van der Waals surface area contributed by atoms with E-state index in [1.807, 2.05) is 24.3 Å². The molecule has 0 bridgehead atoms. The van der Waals surface area contributed by atoms with Gasteiger partial charge in [-0.3, -0.25) is 0 Å². The second-order valence-corrected chi connectivity index (χ2v) is 7.05. The normalized spacial score (nSPS) is 13.5. The summed E-state index contributed by atoms with van der Waals surface area (Å²) >= 11 is 0. The molecule has 3 heteroatoms. The van der Waals surface area contributed by atoms with E-state index in [0.29, 0.717) is 5.69 Å². The van der Waals surface area contributed by atoms with Crippen molar-refractivity contribution in [1.29, 1.82) is 0 Å². The highest BCUT2D eigenvalue weighted by molar-refractivity contribution is 5.53. The van der Waals surface area contributed by atoms with Crippen LogP contribution in [-0.4, -0.2) is 25.5 Å². The predicted octanol–water partition coefficient (Wildman–Crippen LogP) is 5.59. The Morgan fingerprint density at radius 2 is 1.80 bits per heavy atom. The van der Waals surface area contributed by atoms with Crippen molar-refractivity contribution in [1.82, 2.24) is 4.90 Å². The molecule has 0 saturated heterocycles. The number of hydrogen-bond acceptors (Lipinski definition) is 1. The lowest BCUT2D eigenvalue weighted by Gasteiger charge is -2.34. The van der Waals surface area contributed by atoms with Gasteiger partial charge in [0.25, 0.3) is 0 Å². The highest BCUT2D eigenvalue weighted by atomic mass is 19.1. The molecule has 0 saturated carbocycles. The Kier molecular flexibility index (Phi) is 6.33. The summed E-state index contributed by atoms with van der Waals surface area (Å²) in [6, 6.07) is 12.9. The van der Waals surface area contributed by atoms with Crippen LogP contribution < -0.4 is 0 Å². The van der Waals surface area contributed by atoms with Crippen LogP contribution in [0.25, 0.3) is 4.85 Å². The Morgan fingerprint density at radius 3 is 2.36 bits per heavy atom. The average Bonchev–Trinajstić information content (AvgIpc) is 2.61. The summed E-state index contributed by atoms with van der Waals surface area (Å²) in [6.45, 7) is 12.6. The van der Waals surface area contributed by atoms with Gasteiger partial charge in [-0.05, 0) is 63.2 Å². The quantitative estimate of drug-likeness (QED) is 0.597. The van der Waals surface area contributed by atoms with Gasteiger partial charge in [-0.1, -0.05) is 49.7 Å². The minimum Gasteiger partial charge on any atom is -0.309 e. The highest BCUT2D eigenvalue weighted by Crippen LogP contribution is 2.39. The summed E-state index contributed by atoms with van der Waals surface area (Å²) in [5.41, 5.74) is 4.04. The number of rotatable bonds is 7. The molecular weight excluding hydrogens is 311 g/mol. The van der Waals surface area contributed by atoms with Crippen LogP contribution in [-0.2, 0) is 11.8 Å². The summed E-state index contributed by atoms with van der Waals surface area (Å²) < 4.78 is 13.4. The van der Waals surface area contributed by atoms with Gasteiger partial charge in [0.05, 0.1) is 6.57 Å². The molecule has 132 valence electrons. The van der Waals surface area contributed by atoms with Crippen LogP contribution in [0, 0.1) is 12.4 Å². The average molecular weight is 338 g/mol. The highest BCUT2D eigenvalue weighted by Gasteiger charge is 2.30. The minimum absolute atomic E-state index is 0.199. The van der Waals surface area contributed by atoms with Crippen LogP contribution >= 0.6 is 0 Å². The summed E-state index contributed by atoms with van der Waals surface area (Å²) in [5.74, 6) is -0.210. The molecule has 0 N–H and O–H groups in total. The predicted molar refractivity (Wildman–Crippen MR) is 103 cm³/mol. The number of aryl methyl sites for hydroxylation is 1. The summed E-state index contributed by atoms with van der Waals surface area (Å²) in [7, 11) is 4.16. The Bertz CT molecular complexity index is 744. The zero-order chi connectivity index (χ0) is 18.4. The van der Waals surface area contributed by atoms with Crippen molar-refractivity contribution in [2.45, 2.75) is 38.5 Å². The lowest BCUT2D eigenvalue weighted by Crippen LogP contribution is -2.27. The zero-order valence-corrected chi connectivity index (χ0v) is 15.6. The van der Waals surface area contributed by atoms with Crippen molar-refractivity contribution in [3.05, 3.63) is 76.4 Å². The van der Waals surface area contributed by atoms with Crippen molar-refractivity contribution < 1.29 is 4.39 Å². The lowest BCUT2D eigenvalue weighted by atomic mass is 9.71. The molecule has 0 radical (unpaired) electrons. The molecule has 1 atom stereocenters. The van der Waals surface area contributed by atoms with E-state index < -0.39 is 0 Å². The fourth-order valence-corrected chi connectivity index (χ4v) is 3.48. The summed E-state index contributed by atoms with van der Waals surface area (Å²) in [5, 5.41) is 0. The van der Waals surface area contributed by atoms with Gasteiger partial charge in [0.15, 0.2) is 5.69 Å². The topological polar surface area (TPSA) is 7.60 Å². The van der Waals surface area contributed by atoms with E-state index in [-0.39, 0.29) is 11.2 Å². The zero-order valence-electron chi connectivity index (χ0n) is 15.6. The maximum Gasteiger partial charge on any atom is 0.187 e. The van der Waals surface area contributed by atoms with Gasteiger partial charge < -0.3 is 4.90 Å². The Balaban J connectivity index is 2.51. The second kappa shape index (κ2) is 8.27. The maximum atomic E-state index is 13.4. The van der Waals surface area contributed by atoms with Gasteiger partial charge >= 0.3 is 0 Å². The van der Waals surface area contributed by atoms with Crippen molar-refractivity contribution in [2.75, 3.05) is 20.6 Å². The van der Waals surface area contributed by atoms with Crippen LogP contribution in [0.2, 0.25) is 0 Å². The van der Waals surface area contributed by atoms with Gasteiger partial charge in [-0.15, -0.1) is 0 Å². The molecule has 2 aromatic rings. The van der Waals surface area contributed by atoms with E-state index in [2.05, 4.69) is 43.8 Å². The number of nitrogens with zero attached hydrogens (tertiary/aromatic N) is 2. The fraction of sp³-hybridized carbons (Fsp3) is 0.409. The van der Waals surface area contributed by atoms with Crippen LogP contribution in [0.3, 0.4) is 0 Å². The van der Waals surface area contributed by atoms with Gasteiger partial charge in [-0.25, -0.2) is 9.24 Å². The molecule has 0 spiro atoms. The van der Waals surface area contributed by atoms with Crippen LogP contribution in [0.4, 0.5) is 10.1 Å². The van der Waals surface area contributed by atoms with Gasteiger partial charge in [-0.2, -0.15) is 0 Å². The van der Waals surface area contributed by atoms with E-state index in [0.717, 1.165) is 31.4 Å². The first kappa shape index (κ1) is 19.1. The number of halogens is 1. The molecule has 0 aliphatic carbocycles. The molecule has 0 amide bonds. The molecule has 2 nitrogen and oxygen atoms in total. The Hall–Kier alpha value is -2.18. The second-order valence-electron chi connectivity index (χ2n) is 7.05. The third kappa shape index (κ3) is 4.46. The summed E-state index contributed by atoms with van der Waals surface area (Å²) in [4.78, 5) is 5.75. The SMILES string of the molecule is [C-]#[N+]c1ccc(C(C)(CCCN(C)C)c2ccc(F)cc2)c(CC)c1. The van der Waals surface area contributed by atoms with Crippen molar-refractivity contribution in [3.8, 4) is 0 Å². The van der Waals surface area contributed by atoms with Crippen molar-refractivity contribution >= 4 is 5.69 Å². The Morgan fingerprint density at radius 1 is 1.12 bits per heavy atom. The first-order valence-corrected chi connectivity index (χ1v) is 8.82. The van der Waals surface area contributed by atoms with E-state index in [4.69, 9.17) is 6.57 Å². The molecule has 1 unspecified atom stereocenters. The monoisotopic (exact) mass is 338 g/mol. The van der Waals surface area contributed by atoms with Gasteiger partial charge in [0.2, 0.25) is 0 Å². The molecule has 0 heterocycles. The third-order valence-electron chi connectivity index (χ3n) is 4.96. The molecule has 0 aromatic heterocycles. The third-order valence-corrected chi connectivity index (χ3v) is 4.96. The van der Waals surface area contributed by atoms with Crippen molar-refractivity contribution in [2.24, 2.45) is 0 Å². The fourth-order valence-electron chi connectivity index (χ4n) is 3.48. The molecule has 2 rings (SSSR count). The molecule has 0 aliphatic heterocycles. The number of benzene rings is 2. The van der Waals surface area contributed by atoms with Gasteiger partial charge in [0.1, 0.15) is 5.82 Å². The van der Waals surface area contributed by atoms with Crippen LogP contribution in [0.1, 0.15) is 43.4 Å². The summed E-state index contributed by atoms with van der Waals surface area (Å²) in [6.07, 6.45) is 2.90. The first-order valence-electron chi connectivity index (χ1n) is 8.82. The van der Waals surface area contributed by atoms with Crippen molar-refractivity contribution in [3.63, 3.8) is 0 Å². The molecular formula is C22H27FN2.